The first-order valence-corrected chi connectivity index (χ1v) is 11.8. The summed E-state index contributed by atoms with van der Waals surface area (Å²) in [6.45, 7) is 14.1. The molecule has 1 N–H and O–H groups in total. The van der Waals surface area contributed by atoms with Gasteiger partial charge in [-0.25, -0.2) is 4.98 Å². The van der Waals surface area contributed by atoms with E-state index in [4.69, 9.17) is 16.6 Å². The van der Waals surface area contributed by atoms with Crippen LogP contribution >= 0.6 is 11.6 Å². The third kappa shape index (κ3) is 5.22. The van der Waals surface area contributed by atoms with E-state index in [0.29, 0.717) is 5.02 Å². The Hall–Kier alpha value is -2.64. The maximum atomic E-state index is 6.10. The number of piperazine rings is 1. The molecule has 170 valence electrons. The molecule has 0 atom stereocenters. The van der Waals surface area contributed by atoms with Crippen molar-refractivity contribution in [3.63, 3.8) is 0 Å². The van der Waals surface area contributed by atoms with E-state index in [1.165, 1.54) is 0 Å². The number of pyridine rings is 1. The lowest BCUT2D eigenvalue weighted by molar-refractivity contribution is 0.266. The molecule has 8 heteroatoms. The summed E-state index contributed by atoms with van der Waals surface area (Å²) >= 11 is 6.10. The first kappa shape index (κ1) is 22.6. The first-order chi connectivity index (χ1) is 15.6. The molecule has 0 spiro atoms. The van der Waals surface area contributed by atoms with Crippen molar-refractivity contribution < 1.29 is 0 Å². The number of halogens is 1. The van der Waals surface area contributed by atoms with Gasteiger partial charge in [0.05, 0.1) is 5.52 Å². The topological polar surface area (TPSA) is 60.4 Å². The van der Waals surface area contributed by atoms with Crippen LogP contribution in [-0.4, -0.2) is 72.2 Å². The van der Waals surface area contributed by atoms with Crippen molar-refractivity contribution in [2.45, 2.75) is 20.8 Å². The molecule has 1 fully saturated rings. The fourth-order valence-electron chi connectivity index (χ4n) is 4.17. The Morgan fingerprint density at radius 2 is 1.81 bits per heavy atom. The maximum Gasteiger partial charge on any atom is 0.227 e. The molecular formula is C24H32ClN7. The number of nitrogens with one attached hydrogen (secondary N) is 1. The van der Waals surface area contributed by atoms with E-state index in [0.717, 1.165) is 86.4 Å². The zero-order chi connectivity index (χ0) is 22.5. The van der Waals surface area contributed by atoms with Crippen LogP contribution in [0.2, 0.25) is 5.02 Å². The van der Waals surface area contributed by atoms with E-state index in [1.807, 2.05) is 30.5 Å². The van der Waals surface area contributed by atoms with Crippen molar-refractivity contribution in [3.05, 3.63) is 47.2 Å². The molecule has 2 aromatic heterocycles. The fraction of sp³-hybridized carbons (Fsp3) is 0.458. The number of hydrogen-bond donors (Lipinski definition) is 1. The van der Waals surface area contributed by atoms with Crippen LogP contribution in [0.1, 0.15) is 19.5 Å². The number of fused-ring (bicyclic) bond motifs is 1. The largest absolute Gasteiger partial charge is 0.383 e. The Labute approximate surface area is 195 Å². The summed E-state index contributed by atoms with van der Waals surface area (Å²) < 4.78 is 0. The average molecular weight is 454 g/mol. The zero-order valence-corrected chi connectivity index (χ0v) is 19.9. The van der Waals surface area contributed by atoms with Crippen molar-refractivity contribution >= 4 is 40.0 Å². The van der Waals surface area contributed by atoms with Crippen molar-refractivity contribution in [1.29, 1.82) is 0 Å². The van der Waals surface area contributed by atoms with Crippen LogP contribution in [0.5, 0.6) is 0 Å². The van der Waals surface area contributed by atoms with Gasteiger partial charge in [-0.2, -0.15) is 4.98 Å². The van der Waals surface area contributed by atoms with Gasteiger partial charge in [-0.1, -0.05) is 11.6 Å². The standard InChI is InChI=1S/C24H32ClN7/c1-4-31(5-2)24-28-18(3)16-23(29-24)32-14-12-30(13-15-32)11-10-27-21-8-9-26-22-17-19(25)6-7-20(21)22/h6-9,16-17H,4-5,10-15H2,1-3H3,(H,26,27). The third-order valence-corrected chi connectivity index (χ3v) is 6.25. The molecule has 0 saturated carbocycles. The Kier molecular flexibility index (Phi) is 7.27. The van der Waals surface area contributed by atoms with Crippen molar-refractivity contribution in [2.24, 2.45) is 0 Å². The molecule has 4 rings (SSSR count). The van der Waals surface area contributed by atoms with Crippen LogP contribution in [0.3, 0.4) is 0 Å². The number of rotatable bonds is 8. The van der Waals surface area contributed by atoms with Crippen LogP contribution in [-0.2, 0) is 0 Å². The number of aryl methyl sites for hydroxylation is 1. The lowest BCUT2D eigenvalue weighted by Gasteiger charge is -2.36. The molecule has 32 heavy (non-hydrogen) atoms. The summed E-state index contributed by atoms with van der Waals surface area (Å²) in [7, 11) is 0. The second-order valence-electron chi connectivity index (χ2n) is 8.12. The van der Waals surface area contributed by atoms with E-state index < -0.39 is 0 Å². The molecule has 3 aromatic rings. The van der Waals surface area contributed by atoms with Crippen LogP contribution in [0.4, 0.5) is 17.5 Å². The third-order valence-electron chi connectivity index (χ3n) is 6.02. The molecule has 1 aliphatic heterocycles. The summed E-state index contributed by atoms with van der Waals surface area (Å²) in [6, 6.07) is 9.98. The minimum atomic E-state index is 0.711. The second-order valence-corrected chi connectivity index (χ2v) is 8.55. The zero-order valence-electron chi connectivity index (χ0n) is 19.2. The number of benzene rings is 1. The molecular weight excluding hydrogens is 422 g/mol. The molecule has 1 aromatic carbocycles. The van der Waals surface area contributed by atoms with Crippen molar-refractivity contribution in [1.82, 2.24) is 19.9 Å². The van der Waals surface area contributed by atoms with E-state index in [-0.39, 0.29) is 0 Å². The van der Waals surface area contributed by atoms with Gasteiger partial charge < -0.3 is 15.1 Å². The lowest BCUT2D eigenvalue weighted by Crippen LogP contribution is -2.48. The van der Waals surface area contributed by atoms with Crippen LogP contribution in [0.15, 0.2) is 36.5 Å². The first-order valence-electron chi connectivity index (χ1n) is 11.4. The van der Waals surface area contributed by atoms with Gasteiger partial charge in [0.1, 0.15) is 5.82 Å². The fourth-order valence-corrected chi connectivity index (χ4v) is 4.34. The molecule has 3 heterocycles. The number of nitrogens with zero attached hydrogens (tertiary/aromatic N) is 6. The summed E-state index contributed by atoms with van der Waals surface area (Å²) in [5.74, 6) is 1.88. The van der Waals surface area contributed by atoms with Crippen LogP contribution in [0.25, 0.3) is 10.9 Å². The molecule has 0 bridgehead atoms. The summed E-state index contributed by atoms with van der Waals surface area (Å²) in [5, 5.41) is 5.39. The predicted molar refractivity (Wildman–Crippen MR) is 134 cm³/mol. The molecule has 0 unspecified atom stereocenters. The Balaban J connectivity index is 1.31. The van der Waals surface area contributed by atoms with Crippen LogP contribution in [0, 0.1) is 6.92 Å². The summed E-state index contributed by atoms with van der Waals surface area (Å²) in [6.07, 6.45) is 1.83. The monoisotopic (exact) mass is 453 g/mol. The van der Waals surface area contributed by atoms with Crippen molar-refractivity contribution in [3.8, 4) is 0 Å². The van der Waals surface area contributed by atoms with Crippen molar-refractivity contribution in [2.75, 3.05) is 67.5 Å². The van der Waals surface area contributed by atoms with Gasteiger partial charge in [0.2, 0.25) is 5.95 Å². The average Bonchev–Trinajstić information content (AvgIpc) is 2.80. The minimum absolute atomic E-state index is 0.711. The molecule has 0 aliphatic carbocycles. The lowest BCUT2D eigenvalue weighted by atomic mass is 10.2. The Morgan fingerprint density at radius 3 is 2.56 bits per heavy atom. The smallest absolute Gasteiger partial charge is 0.227 e. The van der Waals surface area contributed by atoms with E-state index in [1.54, 1.807) is 0 Å². The molecule has 1 saturated heterocycles. The highest BCUT2D eigenvalue weighted by molar-refractivity contribution is 6.31. The van der Waals surface area contributed by atoms with E-state index in [2.05, 4.69) is 56.8 Å². The van der Waals surface area contributed by atoms with E-state index in [9.17, 15) is 0 Å². The van der Waals surface area contributed by atoms with Gasteiger partial charge in [0.15, 0.2) is 0 Å². The van der Waals surface area contributed by atoms with Gasteiger partial charge >= 0.3 is 0 Å². The predicted octanol–water partition coefficient (Wildman–Crippen LogP) is 4.07. The minimum Gasteiger partial charge on any atom is -0.383 e. The van der Waals surface area contributed by atoms with Gasteiger partial charge in [0.25, 0.3) is 0 Å². The molecule has 0 amide bonds. The summed E-state index contributed by atoms with van der Waals surface area (Å²) in [4.78, 5) is 21.0. The van der Waals surface area contributed by atoms with Gasteiger partial charge in [-0.15, -0.1) is 0 Å². The Bertz CT molecular complexity index is 1050. The van der Waals surface area contributed by atoms with Crippen LogP contribution < -0.4 is 15.1 Å². The highest BCUT2D eigenvalue weighted by atomic mass is 35.5. The highest BCUT2D eigenvalue weighted by Gasteiger charge is 2.19. The quantitative estimate of drug-likeness (QED) is 0.551. The number of aromatic nitrogens is 3. The highest BCUT2D eigenvalue weighted by Crippen LogP contribution is 2.24. The number of anilines is 3. The molecule has 1 aliphatic rings. The van der Waals surface area contributed by atoms with Gasteiger partial charge in [-0.05, 0) is 45.0 Å². The molecule has 7 nitrogen and oxygen atoms in total. The Morgan fingerprint density at radius 1 is 1.03 bits per heavy atom. The molecule has 0 radical (unpaired) electrons. The van der Waals surface area contributed by atoms with E-state index >= 15 is 0 Å². The summed E-state index contributed by atoms with van der Waals surface area (Å²) in [5.41, 5.74) is 3.04. The maximum absolute atomic E-state index is 6.10. The SMILES string of the molecule is CCN(CC)c1nc(C)cc(N2CCN(CCNc3ccnc4cc(Cl)ccc34)CC2)n1. The van der Waals surface area contributed by atoms with Gasteiger partial charge in [-0.3, -0.25) is 9.88 Å². The number of hydrogen-bond acceptors (Lipinski definition) is 7. The normalized spacial score (nSPS) is 14.7. The van der Waals surface area contributed by atoms with Gasteiger partial charge in [0, 0.05) is 86.4 Å². The second kappa shape index (κ2) is 10.3.